The molecule has 376 valence electrons. The minimum absolute atomic E-state index is 0.0318. The minimum Gasteiger partial charge on any atom is -0.491 e. The topological polar surface area (TPSA) is 250 Å². The van der Waals surface area contributed by atoms with Gasteiger partial charge in [-0.15, -0.1) is 0 Å². The van der Waals surface area contributed by atoms with Gasteiger partial charge in [0.1, 0.15) is 18.5 Å². The zero-order valence-corrected chi connectivity index (χ0v) is 41.3. The number of fused-ring (bicyclic) bond motifs is 1. The number of carbonyl (C=O) groups excluding carboxylic acids is 4. The summed E-state index contributed by atoms with van der Waals surface area (Å²) in [5.74, 6) is -0.0915. The first-order chi connectivity index (χ1) is 32.4. The molecule has 1 fully saturated rings. The van der Waals surface area contributed by atoms with E-state index < -0.39 is 37.5 Å². The maximum Gasteiger partial charge on any atom is 0.407 e. The third-order valence-corrected chi connectivity index (χ3v) is 13.6. The van der Waals surface area contributed by atoms with Crippen molar-refractivity contribution in [3.63, 3.8) is 0 Å². The van der Waals surface area contributed by atoms with Crippen LogP contribution in [0.3, 0.4) is 0 Å². The summed E-state index contributed by atoms with van der Waals surface area (Å²) in [7, 11) is -1.49. The van der Waals surface area contributed by atoms with E-state index in [1.165, 1.54) is 18.0 Å². The van der Waals surface area contributed by atoms with Crippen molar-refractivity contribution >= 4 is 50.9 Å². The summed E-state index contributed by atoms with van der Waals surface area (Å²) in [5, 5.41) is 29.4. The summed E-state index contributed by atoms with van der Waals surface area (Å²) >= 11 is 0. The van der Waals surface area contributed by atoms with Crippen molar-refractivity contribution in [2.24, 2.45) is 33.9 Å². The van der Waals surface area contributed by atoms with E-state index in [1.807, 2.05) is 45.0 Å². The van der Waals surface area contributed by atoms with Crippen LogP contribution in [-0.4, -0.2) is 144 Å². The largest absolute Gasteiger partial charge is 0.491 e. The Balaban J connectivity index is 1.14. The lowest BCUT2D eigenvalue weighted by atomic mass is 9.74. The van der Waals surface area contributed by atoms with Crippen LogP contribution in [0.2, 0.25) is 0 Å². The number of nitro benzene ring substituents is 1. The van der Waals surface area contributed by atoms with E-state index in [9.17, 15) is 37.7 Å². The molecule has 4 rings (SSSR count). The number of sulfonamides is 1. The third kappa shape index (κ3) is 16.9. The van der Waals surface area contributed by atoms with Crippen LogP contribution < -0.4 is 20.7 Å². The zero-order chi connectivity index (χ0) is 49.8. The SMILES string of the molecule is CC1=NN=C(c2ccc(OCCOCCNC(=O)c3ccc(S(=O)(=O)N(C)CCN(C)C(=O)C(C)C)c([N+](=O)[O-])c3)cc2)C2CCCC(OC(=O)NCCCOCCCNC(=O)C(C)C)CCC12. The first-order valence-electron chi connectivity index (χ1n) is 23.4. The van der Waals surface area contributed by atoms with Gasteiger partial charge in [-0.25, -0.2) is 13.2 Å². The van der Waals surface area contributed by atoms with Crippen molar-refractivity contribution in [2.45, 2.75) is 90.6 Å². The van der Waals surface area contributed by atoms with Crippen molar-refractivity contribution in [1.82, 2.24) is 25.2 Å². The van der Waals surface area contributed by atoms with Gasteiger partial charge in [0.15, 0.2) is 4.90 Å². The summed E-state index contributed by atoms with van der Waals surface area (Å²) in [6.07, 6.45) is 4.83. The summed E-state index contributed by atoms with van der Waals surface area (Å²) in [4.78, 5) is 61.1. The van der Waals surface area contributed by atoms with Crippen LogP contribution in [0.15, 0.2) is 57.6 Å². The van der Waals surface area contributed by atoms with Gasteiger partial charge in [0, 0.05) is 101 Å². The third-order valence-electron chi connectivity index (χ3n) is 11.7. The molecular formula is C47H70N8O12S. The molecule has 2 aliphatic rings. The average molecular weight is 971 g/mol. The summed E-state index contributed by atoms with van der Waals surface area (Å²) in [5.41, 5.74) is 2.02. The lowest BCUT2D eigenvalue weighted by molar-refractivity contribution is -0.387. The number of benzene rings is 2. The Morgan fingerprint density at radius 2 is 1.49 bits per heavy atom. The van der Waals surface area contributed by atoms with Gasteiger partial charge in [-0.05, 0) is 93.8 Å². The molecule has 21 heteroatoms. The highest BCUT2D eigenvalue weighted by molar-refractivity contribution is 7.89. The van der Waals surface area contributed by atoms with Gasteiger partial charge < -0.3 is 39.8 Å². The number of nitro groups is 1. The maximum atomic E-state index is 13.3. The van der Waals surface area contributed by atoms with Crippen LogP contribution in [0.1, 0.15) is 95.5 Å². The molecule has 0 spiro atoms. The maximum absolute atomic E-state index is 13.3. The summed E-state index contributed by atoms with van der Waals surface area (Å²) in [6.45, 7) is 11.9. The van der Waals surface area contributed by atoms with E-state index in [0.29, 0.717) is 38.5 Å². The molecule has 2 aromatic carbocycles. The summed E-state index contributed by atoms with van der Waals surface area (Å²) < 4.78 is 50.4. The number of hydrogen-bond donors (Lipinski definition) is 3. The molecule has 1 heterocycles. The Hall–Kier alpha value is -5.51. The fraction of sp³-hybridized carbons (Fsp3) is 0.617. The van der Waals surface area contributed by atoms with E-state index in [4.69, 9.17) is 18.9 Å². The quantitative estimate of drug-likeness (QED) is 0.0626. The Morgan fingerprint density at radius 3 is 2.16 bits per heavy atom. The Morgan fingerprint density at radius 1 is 0.794 bits per heavy atom. The van der Waals surface area contributed by atoms with Crippen molar-refractivity contribution in [3.8, 4) is 5.75 Å². The lowest BCUT2D eigenvalue weighted by Crippen LogP contribution is -2.39. The molecule has 1 saturated carbocycles. The minimum atomic E-state index is -4.32. The molecule has 4 amide bonds. The monoisotopic (exact) mass is 970 g/mol. The van der Waals surface area contributed by atoms with Crippen molar-refractivity contribution in [1.29, 1.82) is 0 Å². The Kier molecular flexibility index (Phi) is 22.3. The molecule has 0 aromatic heterocycles. The Labute approximate surface area is 400 Å². The van der Waals surface area contributed by atoms with Crippen LogP contribution in [0.25, 0.3) is 0 Å². The van der Waals surface area contributed by atoms with Crippen molar-refractivity contribution in [2.75, 3.05) is 79.9 Å². The Bertz CT molecular complexity index is 2180. The lowest BCUT2D eigenvalue weighted by Gasteiger charge is -2.34. The fourth-order valence-corrected chi connectivity index (χ4v) is 9.05. The molecule has 1 aliphatic heterocycles. The second kappa shape index (κ2) is 27.5. The number of amides is 4. The standard InChI is InChI=1S/C47H70N8O12S/c1-32(2)44(56)48-21-9-26-64-27-10-22-50-47(59)67-38-11-8-12-40-39(19-18-38)34(5)51-52-43(40)35-13-16-37(17-14-35)66-30-29-65-28-23-49-45(57)36-15-20-42(41(31-36)55(60)61)68(62,63)54(7)25-24-53(6)46(58)33(3)4/h13-17,20,31-33,38-40H,8-12,18-19,21-30H2,1-7H3,(H,48,56)(H,49,57)(H,50,59). The molecule has 3 unspecified atom stereocenters. The predicted molar refractivity (Wildman–Crippen MR) is 256 cm³/mol. The summed E-state index contributed by atoms with van der Waals surface area (Å²) in [6, 6.07) is 10.8. The van der Waals surface area contributed by atoms with Crippen LogP contribution in [0, 0.1) is 33.8 Å². The van der Waals surface area contributed by atoms with Gasteiger partial charge >= 0.3 is 6.09 Å². The number of nitrogens with zero attached hydrogens (tertiary/aromatic N) is 5. The molecule has 0 saturated heterocycles. The number of alkyl carbamates (subject to hydrolysis) is 1. The van der Waals surface area contributed by atoms with Gasteiger partial charge in [0.25, 0.3) is 11.6 Å². The molecule has 68 heavy (non-hydrogen) atoms. The highest BCUT2D eigenvalue weighted by Crippen LogP contribution is 2.36. The molecular weight excluding hydrogens is 901 g/mol. The molecule has 2 aromatic rings. The van der Waals surface area contributed by atoms with Crippen molar-refractivity contribution < 1.29 is 51.5 Å². The zero-order valence-electron chi connectivity index (χ0n) is 40.5. The molecule has 0 bridgehead atoms. The molecule has 20 nitrogen and oxygen atoms in total. The number of likely N-dealkylation sites (N-methyl/N-ethyl adjacent to an activating group) is 2. The molecule has 1 aliphatic carbocycles. The van der Waals surface area contributed by atoms with Gasteiger partial charge in [-0.1, -0.05) is 27.7 Å². The van der Waals surface area contributed by atoms with Gasteiger partial charge in [0.05, 0.1) is 23.8 Å². The number of hydrogen-bond acceptors (Lipinski definition) is 14. The van der Waals surface area contributed by atoms with Crippen LogP contribution in [0.5, 0.6) is 5.75 Å². The first-order valence-corrected chi connectivity index (χ1v) is 24.9. The van der Waals surface area contributed by atoms with Gasteiger partial charge in [-0.2, -0.15) is 14.5 Å². The predicted octanol–water partition coefficient (Wildman–Crippen LogP) is 5.19. The highest BCUT2D eigenvalue weighted by atomic mass is 32.2. The van der Waals surface area contributed by atoms with Crippen LogP contribution in [-0.2, 0) is 33.8 Å². The van der Waals surface area contributed by atoms with Crippen LogP contribution >= 0.6 is 0 Å². The molecule has 3 N–H and O–H groups in total. The van der Waals surface area contributed by atoms with E-state index in [2.05, 4.69) is 26.2 Å². The van der Waals surface area contributed by atoms with E-state index in [1.54, 1.807) is 20.9 Å². The average Bonchev–Trinajstić information content (AvgIpc) is 3.30. The number of nitrogens with one attached hydrogen (secondary N) is 3. The molecule has 3 atom stereocenters. The van der Waals surface area contributed by atoms with E-state index in [-0.39, 0.29) is 86.6 Å². The van der Waals surface area contributed by atoms with E-state index in [0.717, 1.165) is 71.9 Å². The van der Waals surface area contributed by atoms with Gasteiger partial charge in [0.2, 0.25) is 21.8 Å². The van der Waals surface area contributed by atoms with Crippen LogP contribution in [0.4, 0.5) is 10.5 Å². The number of rotatable bonds is 26. The normalized spacial score (nSPS) is 17.3. The van der Waals surface area contributed by atoms with E-state index >= 15 is 0 Å². The smallest absolute Gasteiger partial charge is 0.407 e. The van der Waals surface area contributed by atoms with Gasteiger partial charge in [-0.3, -0.25) is 24.5 Å². The first kappa shape index (κ1) is 55.1. The van der Waals surface area contributed by atoms with Crippen molar-refractivity contribution in [3.05, 3.63) is 63.7 Å². The number of carbonyl (C=O) groups is 4. The fourth-order valence-electron chi connectivity index (χ4n) is 7.76. The highest BCUT2D eigenvalue weighted by Gasteiger charge is 2.35. The second-order valence-electron chi connectivity index (χ2n) is 17.6. The number of ether oxygens (including phenoxy) is 4. The molecule has 0 radical (unpaired) electrons. The second-order valence-corrected chi connectivity index (χ2v) is 19.6.